The van der Waals surface area contributed by atoms with Crippen LogP contribution in [0.15, 0.2) is 64.6 Å². The van der Waals surface area contributed by atoms with Crippen molar-refractivity contribution in [1.29, 1.82) is 0 Å². The first-order chi connectivity index (χ1) is 15.8. The van der Waals surface area contributed by atoms with Crippen LogP contribution in [-0.4, -0.2) is 62.6 Å². The maximum atomic E-state index is 13.0. The van der Waals surface area contributed by atoms with Gasteiger partial charge in [0, 0.05) is 35.7 Å². The third-order valence-corrected chi connectivity index (χ3v) is 8.09. The molecule has 7 nitrogen and oxygen atoms in total. The van der Waals surface area contributed by atoms with Crippen LogP contribution < -0.4 is 4.72 Å². The summed E-state index contributed by atoms with van der Waals surface area (Å²) in [5.41, 5.74) is 0.459. The second-order valence-electron chi connectivity index (χ2n) is 8.28. The minimum Gasteiger partial charge on any atom is -0.379 e. The van der Waals surface area contributed by atoms with E-state index in [1.807, 2.05) is 36.6 Å². The fraction of sp³-hybridized carbons (Fsp3) is 0.458. The van der Waals surface area contributed by atoms with Crippen LogP contribution in [0.25, 0.3) is 0 Å². The zero-order chi connectivity index (χ0) is 23.9. The number of ether oxygens (including phenoxy) is 1. The molecule has 1 saturated heterocycles. The highest BCUT2D eigenvalue weighted by atomic mass is 32.2. The van der Waals surface area contributed by atoms with Gasteiger partial charge in [-0.1, -0.05) is 42.4 Å². The van der Waals surface area contributed by atoms with Gasteiger partial charge in [0.1, 0.15) is 5.71 Å². The van der Waals surface area contributed by atoms with Crippen molar-refractivity contribution < 1.29 is 18.0 Å². The van der Waals surface area contributed by atoms with Gasteiger partial charge in [0.25, 0.3) is 10.0 Å². The zero-order valence-corrected chi connectivity index (χ0v) is 21.3. The van der Waals surface area contributed by atoms with E-state index in [0.29, 0.717) is 24.6 Å². The van der Waals surface area contributed by atoms with E-state index in [2.05, 4.69) is 28.6 Å². The molecule has 0 aliphatic carbocycles. The molecule has 1 N–H and O–H groups in total. The Labute approximate surface area is 201 Å². The molecule has 0 saturated carbocycles. The van der Waals surface area contributed by atoms with Gasteiger partial charge in [-0.3, -0.25) is 9.62 Å². The molecule has 1 aliphatic heterocycles. The van der Waals surface area contributed by atoms with Gasteiger partial charge in [0.15, 0.2) is 0 Å². The van der Waals surface area contributed by atoms with E-state index < -0.39 is 21.0 Å². The largest absolute Gasteiger partial charge is 0.379 e. The third-order valence-electron chi connectivity index (χ3n) is 5.72. The van der Waals surface area contributed by atoms with E-state index in [0.717, 1.165) is 23.5 Å². The Morgan fingerprint density at radius 3 is 2.36 bits per heavy atom. The molecule has 33 heavy (non-hydrogen) atoms. The molecule has 180 valence electrons. The highest BCUT2D eigenvalue weighted by Gasteiger charge is 2.36. The summed E-state index contributed by atoms with van der Waals surface area (Å²) in [6, 6.07) is 16.9. The lowest BCUT2D eigenvalue weighted by Gasteiger charge is -2.41. The Morgan fingerprint density at radius 2 is 1.79 bits per heavy atom. The van der Waals surface area contributed by atoms with Crippen LogP contribution in [0.4, 0.5) is 5.69 Å². The van der Waals surface area contributed by atoms with Crippen molar-refractivity contribution in [3.05, 3.63) is 60.2 Å². The summed E-state index contributed by atoms with van der Waals surface area (Å²) in [4.78, 5) is 9.19. The number of thioether (sulfide) groups is 1. The van der Waals surface area contributed by atoms with Crippen LogP contribution in [0.5, 0.6) is 0 Å². The van der Waals surface area contributed by atoms with Crippen LogP contribution in [0.3, 0.4) is 0 Å². The highest BCUT2D eigenvalue weighted by molar-refractivity contribution is 7.98. The second-order valence-corrected chi connectivity index (χ2v) is 11.0. The lowest BCUT2D eigenvalue weighted by Crippen LogP contribution is -2.54. The number of hydrogen-bond donors (Lipinski definition) is 1. The Hall–Kier alpha value is -2.07. The minimum absolute atomic E-state index is 0.252. The summed E-state index contributed by atoms with van der Waals surface area (Å²) in [7, 11) is -3.80. The smallest absolute Gasteiger partial charge is 0.273 e. The van der Waals surface area contributed by atoms with E-state index in [1.165, 1.54) is 0 Å². The maximum Gasteiger partial charge on any atom is 0.273 e. The lowest BCUT2D eigenvalue weighted by atomic mass is 9.90. The van der Waals surface area contributed by atoms with Crippen molar-refractivity contribution in [1.82, 2.24) is 4.90 Å². The first-order valence-electron chi connectivity index (χ1n) is 11.1. The van der Waals surface area contributed by atoms with Crippen LogP contribution >= 0.6 is 11.8 Å². The number of morpholine rings is 1. The van der Waals surface area contributed by atoms with Crippen LogP contribution in [0.1, 0.15) is 32.8 Å². The topological polar surface area (TPSA) is 80.2 Å². The molecule has 0 radical (unpaired) electrons. The number of para-hydroxylation sites is 1. The zero-order valence-electron chi connectivity index (χ0n) is 19.7. The van der Waals surface area contributed by atoms with Crippen molar-refractivity contribution in [2.45, 2.75) is 43.1 Å². The van der Waals surface area contributed by atoms with Gasteiger partial charge in [0.05, 0.1) is 18.8 Å². The van der Waals surface area contributed by atoms with Crippen LogP contribution in [0, 0.1) is 0 Å². The van der Waals surface area contributed by atoms with Gasteiger partial charge in [-0.25, -0.2) is 8.42 Å². The summed E-state index contributed by atoms with van der Waals surface area (Å²) in [6.45, 7) is 8.76. The fourth-order valence-electron chi connectivity index (χ4n) is 3.74. The summed E-state index contributed by atoms with van der Waals surface area (Å²) < 4.78 is 34.1. The Balaban J connectivity index is 1.91. The molecule has 2 aromatic rings. The number of oxime groups is 1. The Morgan fingerprint density at radius 1 is 1.15 bits per heavy atom. The van der Waals surface area contributed by atoms with Crippen molar-refractivity contribution in [3.8, 4) is 0 Å². The van der Waals surface area contributed by atoms with Gasteiger partial charge >= 0.3 is 0 Å². The van der Waals surface area contributed by atoms with E-state index in [1.54, 1.807) is 43.0 Å². The summed E-state index contributed by atoms with van der Waals surface area (Å²) in [6.07, 6.45) is 2.28. The molecule has 0 bridgehead atoms. The normalized spacial score (nSPS) is 16.9. The lowest BCUT2D eigenvalue weighted by molar-refractivity contribution is 0.00842. The van der Waals surface area contributed by atoms with Gasteiger partial charge < -0.3 is 9.57 Å². The molecular weight excluding hydrogens is 458 g/mol. The van der Waals surface area contributed by atoms with Gasteiger partial charge in [0.2, 0.25) is 5.44 Å². The summed E-state index contributed by atoms with van der Waals surface area (Å²) >= 11 is 1.67. The number of anilines is 1. The number of rotatable bonds is 10. The molecule has 0 aromatic heterocycles. The SMILES string of the molecule is CCC(ON=C(c1ccc(SC)cc1)C(C)(C)N1CCOCC1)S(=O)(=O)Nc1ccccc1. The molecule has 0 spiro atoms. The predicted octanol–water partition coefficient (Wildman–Crippen LogP) is 4.42. The van der Waals surface area contributed by atoms with Crippen molar-refractivity contribution in [3.63, 3.8) is 0 Å². The third kappa shape index (κ3) is 6.50. The summed E-state index contributed by atoms with van der Waals surface area (Å²) in [5, 5.41) is 4.48. The van der Waals surface area contributed by atoms with Crippen molar-refractivity contribution in [2.24, 2.45) is 5.16 Å². The average molecular weight is 492 g/mol. The molecule has 3 rings (SSSR count). The Kier molecular flexibility index (Phi) is 8.81. The average Bonchev–Trinajstić information content (AvgIpc) is 2.82. The predicted molar refractivity (Wildman–Crippen MR) is 135 cm³/mol. The van der Waals surface area contributed by atoms with E-state index in [9.17, 15) is 8.42 Å². The van der Waals surface area contributed by atoms with Gasteiger partial charge in [-0.05, 0) is 44.4 Å². The summed E-state index contributed by atoms with van der Waals surface area (Å²) in [5.74, 6) is 0. The van der Waals surface area contributed by atoms with Crippen LogP contribution in [-0.2, 0) is 19.6 Å². The first kappa shape index (κ1) is 25.6. The maximum absolute atomic E-state index is 13.0. The minimum atomic E-state index is -3.80. The Bertz CT molecular complexity index is 1020. The molecule has 2 aromatic carbocycles. The number of benzene rings is 2. The second kappa shape index (κ2) is 11.4. The monoisotopic (exact) mass is 491 g/mol. The number of sulfonamides is 1. The molecule has 1 unspecified atom stereocenters. The van der Waals surface area contributed by atoms with Gasteiger partial charge in [-0.15, -0.1) is 11.8 Å². The molecule has 1 aliphatic rings. The molecule has 1 atom stereocenters. The van der Waals surface area contributed by atoms with E-state index >= 15 is 0 Å². The number of nitrogens with zero attached hydrogens (tertiary/aromatic N) is 2. The number of hydrogen-bond acceptors (Lipinski definition) is 7. The molecule has 0 amide bonds. The molecule has 1 fully saturated rings. The standard InChI is InChI=1S/C24H33N3O4S2/c1-5-22(33(28,29)26-20-9-7-6-8-10-20)31-25-23(19-11-13-21(32-4)14-12-19)24(2,3)27-15-17-30-18-16-27/h6-14,22,26H,5,15-18H2,1-4H3. The van der Waals surface area contributed by atoms with Crippen molar-refractivity contribution in [2.75, 3.05) is 37.3 Å². The molecule has 9 heteroatoms. The fourth-order valence-corrected chi connectivity index (χ4v) is 5.34. The quantitative estimate of drug-likeness (QED) is 0.301. The van der Waals surface area contributed by atoms with Crippen molar-refractivity contribution >= 4 is 33.2 Å². The molecule has 1 heterocycles. The van der Waals surface area contributed by atoms with Gasteiger partial charge in [-0.2, -0.15) is 0 Å². The highest BCUT2D eigenvalue weighted by Crippen LogP contribution is 2.26. The first-order valence-corrected chi connectivity index (χ1v) is 13.8. The van der Waals surface area contributed by atoms with Crippen LogP contribution in [0.2, 0.25) is 0 Å². The number of nitrogens with one attached hydrogen (secondary N) is 1. The van der Waals surface area contributed by atoms with E-state index in [4.69, 9.17) is 9.57 Å². The molecular formula is C24H33N3O4S2. The van der Waals surface area contributed by atoms with E-state index in [-0.39, 0.29) is 6.42 Å².